The Labute approximate surface area is 811 Å². The van der Waals surface area contributed by atoms with Crippen molar-refractivity contribution in [2.75, 3.05) is 32.0 Å². The molecule has 1 aliphatic rings. The minimum Gasteiger partial charge on any atom is -0.497 e. The van der Waals surface area contributed by atoms with Crippen molar-refractivity contribution in [2.24, 2.45) is 0 Å². The number of alkyl halides is 3. The van der Waals surface area contributed by atoms with Gasteiger partial charge in [0.05, 0.1) is 95.7 Å². The van der Waals surface area contributed by atoms with Gasteiger partial charge < -0.3 is 53.3 Å². The van der Waals surface area contributed by atoms with Crippen molar-refractivity contribution in [3.8, 4) is 74.9 Å². The van der Waals surface area contributed by atoms with Crippen LogP contribution in [0.1, 0.15) is 176 Å². The number of halogens is 5. The Morgan fingerprint density at radius 2 is 0.993 bits per heavy atom. The van der Waals surface area contributed by atoms with E-state index in [2.05, 4.69) is 99.4 Å². The van der Waals surface area contributed by atoms with Gasteiger partial charge in [-0.2, -0.15) is 18.3 Å². The number of aromatic nitrogens is 12. The first-order chi connectivity index (χ1) is 64.5. The van der Waals surface area contributed by atoms with Crippen LogP contribution in [0.15, 0.2) is 205 Å². The SMILES string of the molecule is CC(C)(C)OC(=O)N1Cc2cccc(F)c2C1.CC(C)(C)n1nnc2ccccc21.CC(C)Oc1cc(C(F)(F)F)c2ccccc2n1.CC(C)Oc1ccc2ccccc2n1.COc1ccc2c(OC(C)(C)C)cc(-c3csc(NC(C)C)n3)nc2c1.COc1ccc2c(OC(C)(C)C)cc(-c3csc(NC(C)C)n3)nc2c1Cl.COc1ccc2c(OC(C)(C)C)cc(-n3cccn3)nc2c1. The normalized spacial score (nSPS) is 12.1. The van der Waals surface area contributed by atoms with Crippen molar-refractivity contribution in [1.29, 1.82) is 0 Å². The summed E-state index contributed by atoms with van der Waals surface area (Å²) in [5, 5.41) is 29.3. The average Bonchev–Trinajstić information content (AvgIpc) is 1.50. The molecule has 0 fully saturated rings. The summed E-state index contributed by atoms with van der Waals surface area (Å²) in [5.74, 6) is 5.56. The van der Waals surface area contributed by atoms with Crippen LogP contribution in [0.2, 0.25) is 5.02 Å². The summed E-state index contributed by atoms with van der Waals surface area (Å²) >= 11 is 9.67. The molecule has 32 heteroatoms. The molecule has 0 spiro atoms. The zero-order chi connectivity index (χ0) is 99.8. The first kappa shape index (κ1) is 104. The van der Waals surface area contributed by atoms with Crippen LogP contribution in [0.5, 0.6) is 46.3 Å². The second-order valence-corrected chi connectivity index (χ2v) is 40.2. The van der Waals surface area contributed by atoms with Gasteiger partial charge >= 0.3 is 12.3 Å². The Balaban J connectivity index is 0.000000155. The minimum absolute atomic E-state index is 0.00368. The van der Waals surface area contributed by atoms with Crippen LogP contribution in [0.3, 0.4) is 0 Å². The third-order valence-corrected chi connectivity index (χ3v) is 21.1. The Kier molecular flexibility index (Phi) is 34.0. The largest absolute Gasteiger partial charge is 0.497 e. The molecule has 17 rings (SSSR count). The lowest BCUT2D eigenvalue weighted by Gasteiger charge is -2.24. The van der Waals surface area contributed by atoms with Crippen LogP contribution in [-0.2, 0) is 29.5 Å². The highest BCUT2D eigenvalue weighted by molar-refractivity contribution is 7.14. The van der Waals surface area contributed by atoms with E-state index in [-0.39, 0.29) is 63.7 Å². The third-order valence-electron chi connectivity index (χ3n) is 19.2. The van der Waals surface area contributed by atoms with E-state index in [1.807, 2.05) is 258 Å². The van der Waals surface area contributed by atoms with Gasteiger partial charge in [0.1, 0.15) is 84.6 Å². The quantitative estimate of drug-likeness (QED) is 0.0802. The lowest BCUT2D eigenvalue weighted by molar-refractivity contribution is -0.136. The summed E-state index contributed by atoms with van der Waals surface area (Å²) < 4.78 is 107. The van der Waals surface area contributed by atoms with Crippen molar-refractivity contribution in [3.63, 3.8) is 0 Å². The molecule has 724 valence electrons. The topological polar surface area (TPSA) is 266 Å². The lowest BCUT2D eigenvalue weighted by Crippen LogP contribution is -2.33. The maximum Gasteiger partial charge on any atom is 0.417 e. The van der Waals surface area contributed by atoms with Gasteiger partial charge in [-0.25, -0.2) is 53.4 Å². The van der Waals surface area contributed by atoms with Crippen LogP contribution in [-0.4, -0.2) is 139 Å². The number of fused-ring (bicyclic) bond motifs is 7. The fraction of sp³-hybridized carbons (Fsp3) is 0.362. The number of thiazole rings is 2. The molecular formula is C105H122ClF4N15O10S2. The van der Waals surface area contributed by atoms with Gasteiger partial charge in [0.15, 0.2) is 16.1 Å². The second kappa shape index (κ2) is 44.7. The zero-order valence-corrected chi connectivity index (χ0v) is 84.8. The molecule has 137 heavy (non-hydrogen) atoms. The summed E-state index contributed by atoms with van der Waals surface area (Å²) in [6.45, 7) is 46.5. The van der Waals surface area contributed by atoms with Gasteiger partial charge in [-0.05, 0) is 244 Å². The molecule has 1 amide bonds. The molecule has 0 unspecified atom stereocenters. The molecule has 10 heterocycles. The predicted molar refractivity (Wildman–Crippen MR) is 542 cm³/mol. The summed E-state index contributed by atoms with van der Waals surface area (Å²) in [5.41, 5.74) is 7.95. The fourth-order valence-corrected chi connectivity index (χ4v) is 15.6. The van der Waals surface area contributed by atoms with Gasteiger partial charge in [0, 0.05) is 117 Å². The van der Waals surface area contributed by atoms with E-state index in [1.165, 1.54) is 23.1 Å². The number of nitrogens with one attached hydrogen (secondary N) is 2. The number of rotatable bonds is 17. The Hall–Kier alpha value is -13.3. The smallest absolute Gasteiger partial charge is 0.417 e. The maximum atomic E-state index is 13.5. The lowest BCUT2D eigenvalue weighted by atomic mass is 10.1. The number of pyridine rings is 5. The number of benzene rings is 7. The second-order valence-electron chi connectivity index (χ2n) is 38.1. The van der Waals surface area contributed by atoms with Crippen molar-refractivity contribution < 1.29 is 65.0 Å². The third kappa shape index (κ3) is 29.6. The number of para-hydroxylation sites is 3. The summed E-state index contributed by atoms with van der Waals surface area (Å²) in [7, 11) is 4.89. The Bertz CT molecular complexity index is 6780. The monoisotopic (exact) mass is 1930 g/mol. The minimum atomic E-state index is -4.42. The number of nitrogens with zero attached hydrogens (tertiary/aromatic N) is 13. The van der Waals surface area contributed by atoms with E-state index in [9.17, 15) is 22.4 Å². The molecule has 0 atom stereocenters. The van der Waals surface area contributed by atoms with E-state index < -0.39 is 23.4 Å². The number of anilines is 2. The molecule has 7 aromatic carbocycles. The van der Waals surface area contributed by atoms with Crippen LogP contribution >= 0.6 is 34.3 Å². The highest BCUT2D eigenvalue weighted by Crippen LogP contribution is 2.43. The Morgan fingerprint density at radius 3 is 1.53 bits per heavy atom. The number of ether oxygens (including phenoxy) is 9. The van der Waals surface area contributed by atoms with E-state index in [4.69, 9.17) is 64.2 Å². The first-order valence-corrected chi connectivity index (χ1v) is 47.0. The highest BCUT2D eigenvalue weighted by atomic mass is 35.5. The van der Waals surface area contributed by atoms with Gasteiger partial charge in [-0.3, -0.25) is 4.90 Å². The van der Waals surface area contributed by atoms with Gasteiger partial charge in [-0.1, -0.05) is 77.5 Å². The van der Waals surface area contributed by atoms with Crippen molar-refractivity contribution >= 4 is 116 Å². The fourth-order valence-electron chi connectivity index (χ4n) is 13.6. The van der Waals surface area contributed by atoms with E-state index in [1.54, 1.807) is 86.9 Å². The Morgan fingerprint density at radius 1 is 0.467 bits per heavy atom. The standard InChI is InChI=1S/C20H24ClN3O2S.C20H25N3O2S.C17H19N3O2.C13H12F3NO.C13H16FNO2.C12H13NO.C10H13N3/c1-11(2)22-19-24-14(10-27-19)13-9-16(26-20(3,4)5)12-7-8-15(25-6)17(21)18(12)23-13;1-12(2)21-19-23-17(11-26-19)16-10-18(25-20(3,4)5)14-8-7-13(24-6)9-15(14)22-16;1-17(2,3)22-15-11-16(20-9-5-8-18-20)19-14-10-12(21-4)6-7-13(14)15;1-8(2)18-12-7-10(13(14,15)16)9-5-3-4-6-11(9)17-12;1-13(2,3)17-12(16)15-7-9-5-4-6-11(14)10(9)8-15;1-9(2)14-12-8-7-10-5-3-4-6-11(10)13-12;1-10(2,3)13-9-7-5-4-6-8(9)11-12-13/h7-11H,1-6H3,(H,22,24);7-12H,1-6H3,(H,21,23);5-11H,1-4H3;3-8H,1-2H3;4-6H,7-8H2,1-3H3;3-9H,1-2H3;4-7H,1-3H3. The summed E-state index contributed by atoms with van der Waals surface area (Å²) in [6, 6.07) is 55.6. The van der Waals surface area contributed by atoms with Crippen LogP contribution < -0.4 is 48.5 Å². The molecule has 9 aromatic heterocycles. The number of amides is 1. The molecule has 1 aliphatic heterocycles. The molecule has 0 saturated heterocycles. The number of hydrogen-bond acceptors (Lipinski definition) is 24. The number of hydrogen-bond donors (Lipinski definition) is 2. The molecule has 0 saturated carbocycles. The molecular weight excluding hydrogens is 1810 g/mol. The molecule has 0 aliphatic carbocycles. The number of carbonyl (C=O) groups is 1. The zero-order valence-electron chi connectivity index (χ0n) is 82.5. The van der Waals surface area contributed by atoms with Crippen LogP contribution in [0.4, 0.5) is 32.6 Å². The molecule has 0 bridgehead atoms. The van der Waals surface area contributed by atoms with E-state index in [0.29, 0.717) is 57.9 Å². The van der Waals surface area contributed by atoms with Gasteiger partial charge in [-0.15, -0.1) is 27.8 Å². The molecule has 25 nitrogen and oxygen atoms in total. The average molecular weight is 1930 g/mol. The van der Waals surface area contributed by atoms with E-state index >= 15 is 0 Å². The van der Waals surface area contributed by atoms with Gasteiger partial charge in [0.2, 0.25) is 11.8 Å². The number of methoxy groups -OCH3 is 3. The van der Waals surface area contributed by atoms with Crippen molar-refractivity contribution in [2.45, 2.75) is 231 Å². The van der Waals surface area contributed by atoms with Crippen molar-refractivity contribution in [1.82, 2.24) is 64.6 Å². The van der Waals surface area contributed by atoms with E-state index in [0.717, 1.165) is 117 Å². The molecule has 2 N–H and O–H groups in total. The van der Waals surface area contributed by atoms with Gasteiger partial charge in [0.25, 0.3) is 0 Å². The molecule has 16 aromatic rings. The van der Waals surface area contributed by atoms with Crippen molar-refractivity contribution in [3.05, 3.63) is 233 Å². The highest BCUT2D eigenvalue weighted by Gasteiger charge is 2.35. The predicted octanol–water partition coefficient (Wildman–Crippen LogP) is 27.3. The van der Waals surface area contributed by atoms with Crippen LogP contribution in [0.25, 0.3) is 94.1 Å². The van der Waals surface area contributed by atoms with Crippen LogP contribution in [0, 0.1) is 5.82 Å². The maximum absolute atomic E-state index is 13.5. The molecule has 0 radical (unpaired) electrons. The summed E-state index contributed by atoms with van der Waals surface area (Å²) in [4.78, 5) is 45.3. The first-order valence-electron chi connectivity index (χ1n) is 44.9. The summed E-state index contributed by atoms with van der Waals surface area (Å²) in [6.07, 6.45) is -1.29. The number of carbonyl (C=O) groups excluding carboxylic acids is 1.